The van der Waals surface area contributed by atoms with Crippen LogP contribution in [0.25, 0.3) is 0 Å². The molecule has 0 bridgehead atoms. The van der Waals surface area contributed by atoms with Crippen LogP contribution in [0.3, 0.4) is 0 Å². The van der Waals surface area contributed by atoms with E-state index in [0.717, 1.165) is 66.5 Å². The third-order valence-electron chi connectivity index (χ3n) is 8.72. The second-order valence-electron chi connectivity index (χ2n) is 11.3. The Balaban J connectivity index is 1.27. The minimum Gasteiger partial charge on any atom is -0.457 e. The summed E-state index contributed by atoms with van der Waals surface area (Å²) in [7, 11) is 0. The summed E-state index contributed by atoms with van der Waals surface area (Å²) in [6.07, 6.45) is 5.50. The second-order valence-corrected chi connectivity index (χ2v) is 11.3. The fraction of sp³-hybridized carbons (Fsp3) is 0.211. The standard InChI is InChI=1S/C38H38N2O2/c1-2-27-4-3-5-29(26-27)28-22-24-38(25-23-28,30-6-14-34(15-7-30)41-36-18-10-32(39)11-19-36)31-8-16-35(17-9-31)42-37-20-12-33(40)13-21-37/h3-21,26,28H,2,22-25,39-40H2,1H3. The molecule has 0 unspecified atom stereocenters. The van der Waals surface area contributed by atoms with Gasteiger partial charge in [0.2, 0.25) is 0 Å². The van der Waals surface area contributed by atoms with Crippen molar-refractivity contribution in [2.45, 2.75) is 50.4 Å². The van der Waals surface area contributed by atoms with Crippen LogP contribution in [0, 0.1) is 0 Å². The van der Waals surface area contributed by atoms with Crippen molar-refractivity contribution in [3.63, 3.8) is 0 Å². The van der Waals surface area contributed by atoms with E-state index in [1.165, 1.54) is 22.3 Å². The van der Waals surface area contributed by atoms with Gasteiger partial charge in [0, 0.05) is 16.8 Å². The van der Waals surface area contributed by atoms with Gasteiger partial charge in [0.15, 0.2) is 0 Å². The molecular formula is C38H38N2O2. The van der Waals surface area contributed by atoms with Crippen LogP contribution in [-0.2, 0) is 11.8 Å². The molecular weight excluding hydrogens is 516 g/mol. The highest BCUT2D eigenvalue weighted by atomic mass is 16.5. The van der Waals surface area contributed by atoms with Crippen molar-refractivity contribution in [2.24, 2.45) is 0 Å². The normalized spacial score (nSPS) is 14.8. The SMILES string of the molecule is CCc1cccc(C2CCC(c3ccc(Oc4ccc(N)cc4)cc3)(c3ccc(Oc4ccc(N)cc4)cc3)CC2)c1. The zero-order valence-electron chi connectivity index (χ0n) is 24.1. The summed E-state index contributed by atoms with van der Waals surface area (Å²) in [5, 5.41) is 0. The molecule has 0 aromatic heterocycles. The van der Waals surface area contributed by atoms with E-state index in [1.54, 1.807) is 0 Å². The lowest BCUT2D eigenvalue weighted by molar-refractivity contribution is 0.314. The van der Waals surface area contributed by atoms with E-state index in [0.29, 0.717) is 5.92 Å². The topological polar surface area (TPSA) is 70.5 Å². The zero-order valence-corrected chi connectivity index (χ0v) is 24.1. The number of anilines is 2. The number of rotatable bonds is 8. The summed E-state index contributed by atoms with van der Waals surface area (Å²) in [4.78, 5) is 0. The minimum absolute atomic E-state index is 0.0850. The zero-order chi connectivity index (χ0) is 28.9. The lowest BCUT2D eigenvalue weighted by Crippen LogP contribution is -2.32. The Morgan fingerprint density at radius 1 is 0.595 bits per heavy atom. The number of benzene rings is 5. The highest BCUT2D eigenvalue weighted by molar-refractivity contribution is 5.48. The maximum atomic E-state index is 6.11. The van der Waals surface area contributed by atoms with E-state index in [2.05, 4.69) is 79.7 Å². The Hall–Kier alpha value is -4.70. The molecule has 1 saturated carbocycles. The molecule has 6 rings (SSSR count). The molecule has 4 nitrogen and oxygen atoms in total. The smallest absolute Gasteiger partial charge is 0.127 e. The predicted molar refractivity (Wildman–Crippen MR) is 173 cm³/mol. The molecule has 0 atom stereocenters. The molecule has 0 radical (unpaired) electrons. The maximum absolute atomic E-state index is 6.11. The highest BCUT2D eigenvalue weighted by Crippen LogP contribution is 2.49. The van der Waals surface area contributed by atoms with Gasteiger partial charge in [-0.3, -0.25) is 0 Å². The monoisotopic (exact) mass is 554 g/mol. The highest BCUT2D eigenvalue weighted by Gasteiger charge is 2.39. The van der Waals surface area contributed by atoms with E-state index in [4.69, 9.17) is 20.9 Å². The van der Waals surface area contributed by atoms with Crippen molar-refractivity contribution in [1.29, 1.82) is 0 Å². The molecule has 5 aromatic carbocycles. The average molecular weight is 555 g/mol. The lowest BCUT2D eigenvalue weighted by atomic mass is 9.62. The molecule has 4 N–H and O–H groups in total. The van der Waals surface area contributed by atoms with Crippen molar-refractivity contribution in [3.8, 4) is 23.0 Å². The number of nitrogens with two attached hydrogens (primary N) is 2. The summed E-state index contributed by atoms with van der Waals surface area (Å²) in [5.41, 5.74) is 18.6. The predicted octanol–water partition coefficient (Wildman–Crippen LogP) is 9.64. The minimum atomic E-state index is -0.0850. The van der Waals surface area contributed by atoms with Gasteiger partial charge < -0.3 is 20.9 Å². The van der Waals surface area contributed by atoms with Gasteiger partial charge in [0.1, 0.15) is 23.0 Å². The first-order valence-electron chi connectivity index (χ1n) is 14.9. The van der Waals surface area contributed by atoms with Gasteiger partial charge in [-0.05, 0) is 133 Å². The molecule has 0 amide bonds. The third-order valence-corrected chi connectivity index (χ3v) is 8.72. The van der Waals surface area contributed by atoms with E-state index in [1.807, 2.05) is 48.5 Å². The molecule has 1 aliphatic rings. The van der Waals surface area contributed by atoms with Crippen molar-refractivity contribution in [1.82, 2.24) is 0 Å². The van der Waals surface area contributed by atoms with E-state index in [9.17, 15) is 0 Å². The summed E-state index contributed by atoms with van der Waals surface area (Å²) < 4.78 is 12.2. The fourth-order valence-electron chi connectivity index (χ4n) is 6.28. The van der Waals surface area contributed by atoms with Gasteiger partial charge >= 0.3 is 0 Å². The summed E-state index contributed by atoms with van der Waals surface area (Å²) in [6.45, 7) is 2.23. The largest absolute Gasteiger partial charge is 0.457 e. The summed E-state index contributed by atoms with van der Waals surface area (Å²) in [5.74, 6) is 3.76. The molecule has 5 aromatic rings. The second kappa shape index (κ2) is 12.0. The van der Waals surface area contributed by atoms with Gasteiger partial charge in [0.05, 0.1) is 0 Å². The number of hydrogen-bond donors (Lipinski definition) is 2. The molecule has 0 saturated heterocycles. The Morgan fingerprint density at radius 3 is 1.45 bits per heavy atom. The molecule has 0 spiro atoms. The van der Waals surface area contributed by atoms with Crippen molar-refractivity contribution in [2.75, 3.05) is 11.5 Å². The number of aryl methyl sites for hydroxylation is 1. The van der Waals surface area contributed by atoms with Gasteiger partial charge in [-0.1, -0.05) is 55.5 Å². The van der Waals surface area contributed by atoms with Crippen LogP contribution >= 0.6 is 0 Å². The van der Waals surface area contributed by atoms with Crippen LogP contribution < -0.4 is 20.9 Å². The number of hydrogen-bond acceptors (Lipinski definition) is 4. The average Bonchev–Trinajstić information content (AvgIpc) is 3.04. The Morgan fingerprint density at radius 2 is 1.02 bits per heavy atom. The maximum Gasteiger partial charge on any atom is 0.127 e. The van der Waals surface area contributed by atoms with E-state index < -0.39 is 0 Å². The van der Waals surface area contributed by atoms with Gasteiger partial charge in [-0.15, -0.1) is 0 Å². The van der Waals surface area contributed by atoms with Crippen molar-refractivity contribution < 1.29 is 9.47 Å². The first kappa shape index (κ1) is 27.5. The van der Waals surface area contributed by atoms with Crippen LogP contribution in [-0.4, -0.2) is 0 Å². The van der Waals surface area contributed by atoms with Crippen molar-refractivity contribution >= 4 is 11.4 Å². The van der Waals surface area contributed by atoms with Crippen LogP contribution in [0.2, 0.25) is 0 Å². The fourth-order valence-corrected chi connectivity index (χ4v) is 6.28. The number of ether oxygens (including phenoxy) is 2. The van der Waals surface area contributed by atoms with E-state index in [-0.39, 0.29) is 5.41 Å². The van der Waals surface area contributed by atoms with Gasteiger partial charge in [-0.2, -0.15) is 0 Å². The lowest BCUT2D eigenvalue weighted by Gasteiger charge is -2.42. The van der Waals surface area contributed by atoms with Crippen LogP contribution in [0.1, 0.15) is 60.8 Å². The van der Waals surface area contributed by atoms with Crippen molar-refractivity contribution in [3.05, 3.63) is 144 Å². The first-order valence-corrected chi connectivity index (χ1v) is 14.9. The summed E-state index contributed by atoms with van der Waals surface area (Å²) in [6, 6.07) is 41.5. The molecule has 212 valence electrons. The van der Waals surface area contributed by atoms with Crippen LogP contribution in [0.5, 0.6) is 23.0 Å². The third kappa shape index (κ3) is 5.99. The van der Waals surface area contributed by atoms with Gasteiger partial charge in [0.25, 0.3) is 0 Å². The number of nitrogen functional groups attached to an aromatic ring is 2. The molecule has 0 aliphatic heterocycles. The van der Waals surface area contributed by atoms with E-state index >= 15 is 0 Å². The Bertz CT molecular complexity index is 1510. The van der Waals surface area contributed by atoms with Crippen LogP contribution in [0.15, 0.2) is 121 Å². The molecule has 0 heterocycles. The molecule has 1 aliphatic carbocycles. The first-order chi connectivity index (χ1) is 20.5. The van der Waals surface area contributed by atoms with Crippen LogP contribution in [0.4, 0.5) is 11.4 Å². The molecule has 42 heavy (non-hydrogen) atoms. The Labute approximate surface area is 248 Å². The molecule has 1 fully saturated rings. The Kier molecular flexibility index (Phi) is 7.87. The quantitative estimate of drug-likeness (QED) is 0.187. The van der Waals surface area contributed by atoms with Gasteiger partial charge in [-0.25, -0.2) is 0 Å². The summed E-state index contributed by atoms with van der Waals surface area (Å²) >= 11 is 0. The molecule has 4 heteroatoms.